The Kier molecular flexibility index (Phi) is 4.08. The normalized spacial score (nSPS) is 20.3. The second-order valence-corrected chi connectivity index (χ2v) is 5.68. The van der Waals surface area contributed by atoms with E-state index in [1.54, 1.807) is 24.3 Å². The van der Waals surface area contributed by atoms with E-state index in [0.717, 1.165) is 0 Å². The molecule has 8 heteroatoms. The largest absolute Gasteiger partial charge is 0.481 e. The third-order valence-corrected chi connectivity index (χ3v) is 4.08. The fourth-order valence-corrected chi connectivity index (χ4v) is 2.81. The van der Waals surface area contributed by atoms with Gasteiger partial charge in [0.25, 0.3) is 0 Å². The van der Waals surface area contributed by atoms with E-state index < -0.39 is 11.9 Å². The molecule has 0 unspecified atom stereocenters. The van der Waals surface area contributed by atoms with Gasteiger partial charge in [0.15, 0.2) is 11.5 Å². The number of carbonyl (C=O) groups is 1. The molecule has 1 fully saturated rings. The first-order valence-electron chi connectivity index (χ1n) is 6.91. The second-order valence-electron chi connectivity index (χ2n) is 5.25. The van der Waals surface area contributed by atoms with Crippen LogP contribution < -0.4 is 4.90 Å². The number of pyridine rings is 1. The minimum atomic E-state index is -0.879. The molecule has 0 radical (unpaired) electrons. The third kappa shape index (κ3) is 3.07. The standard InChI is InChI=1S/C15H12ClN5O2/c16-9-1-3-13(18-6-9)11-7-21(8-12(11)15(22)23)14-4-2-10(5-17)19-20-14/h1-4,6,11-12H,7-8H2,(H,22,23)/t11-,12-/m1/s1. The highest BCUT2D eigenvalue weighted by Gasteiger charge is 2.40. The Labute approximate surface area is 137 Å². The molecule has 2 aromatic heterocycles. The maximum absolute atomic E-state index is 11.6. The number of hydrogen-bond acceptors (Lipinski definition) is 6. The Morgan fingerprint density at radius 2 is 2.13 bits per heavy atom. The van der Waals surface area contributed by atoms with E-state index in [-0.39, 0.29) is 11.6 Å². The van der Waals surface area contributed by atoms with Crippen molar-refractivity contribution in [3.8, 4) is 6.07 Å². The van der Waals surface area contributed by atoms with Gasteiger partial charge in [0.05, 0.1) is 10.9 Å². The van der Waals surface area contributed by atoms with Crippen LogP contribution in [0.15, 0.2) is 30.5 Å². The molecule has 2 atom stereocenters. The topological polar surface area (TPSA) is 103 Å². The van der Waals surface area contributed by atoms with Crippen molar-refractivity contribution in [2.45, 2.75) is 5.92 Å². The van der Waals surface area contributed by atoms with Crippen molar-refractivity contribution < 1.29 is 9.90 Å². The number of aromatic nitrogens is 3. The maximum Gasteiger partial charge on any atom is 0.309 e. The number of carboxylic acids is 1. The lowest BCUT2D eigenvalue weighted by molar-refractivity contribution is -0.141. The van der Waals surface area contributed by atoms with Gasteiger partial charge in [0.1, 0.15) is 6.07 Å². The number of nitrogens with zero attached hydrogens (tertiary/aromatic N) is 5. The van der Waals surface area contributed by atoms with Gasteiger partial charge in [-0.2, -0.15) is 5.26 Å². The van der Waals surface area contributed by atoms with Crippen molar-refractivity contribution in [2.24, 2.45) is 5.92 Å². The predicted molar refractivity (Wildman–Crippen MR) is 82.1 cm³/mol. The molecule has 1 aliphatic rings. The van der Waals surface area contributed by atoms with Crippen molar-refractivity contribution in [1.82, 2.24) is 15.2 Å². The van der Waals surface area contributed by atoms with Crippen molar-refractivity contribution in [3.63, 3.8) is 0 Å². The average molecular weight is 330 g/mol. The van der Waals surface area contributed by atoms with Crippen molar-refractivity contribution >= 4 is 23.4 Å². The molecule has 1 aliphatic heterocycles. The van der Waals surface area contributed by atoms with Gasteiger partial charge in [-0.25, -0.2) is 0 Å². The van der Waals surface area contributed by atoms with Crippen molar-refractivity contribution in [2.75, 3.05) is 18.0 Å². The van der Waals surface area contributed by atoms with E-state index in [9.17, 15) is 9.90 Å². The molecule has 0 aromatic carbocycles. The van der Waals surface area contributed by atoms with Crippen LogP contribution in [0.5, 0.6) is 0 Å². The summed E-state index contributed by atoms with van der Waals surface area (Å²) in [6.45, 7) is 0.775. The zero-order valence-corrected chi connectivity index (χ0v) is 12.7. The molecular formula is C15H12ClN5O2. The minimum Gasteiger partial charge on any atom is -0.481 e. The summed E-state index contributed by atoms with van der Waals surface area (Å²) in [7, 11) is 0. The van der Waals surface area contributed by atoms with Crippen LogP contribution in [-0.4, -0.2) is 39.3 Å². The molecule has 3 rings (SSSR count). The molecule has 0 aliphatic carbocycles. The first kappa shape index (κ1) is 15.2. The van der Waals surface area contributed by atoms with E-state index in [1.807, 2.05) is 11.0 Å². The van der Waals surface area contributed by atoms with Gasteiger partial charge in [-0.3, -0.25) is 9.78 Å². The average Bonchev–Trinajstić information content (AvgIpc) is 3.01. The van der Waals surface area contributed by atoms with E-state index >= 15 is 0 Å². The summed E-state index contributed by atoms with van der Waals surface area (Å²) >= 11 is 5.84. The molecule has 0 spiro atoms. The highest BCUT2D eigenvalue weighted by molar-refractivity contribution is 6.30. The first-order valence-corrected chi connectivity index (χ1v) is 7.29. The number of rotatable bonds is 3. The smallest absolute Gasteiger partial charge is 0.309 e. The second kappa shape index (κ2) is 6.18. The van der Waals surface area contributed by atoms with Crippen LogP contribution in [0.1, 0.15) is 17.3 Å². The molecule has 116 valence electrons. The summed E-state index contributed by atoms with van der Waals surface area (Å²) < 4.78 is 0. The lowest BCUT2D eigenvalue weighted by atomic mass is 9.93. The molecule has 3 heterocycles. The van der Waals surface area contributed by atoms with E-state index in [2.05, 4.69) is 15.2 Å². The minimum absolute atomic E-state index is 0.221. The van der Waals surface area contributed by atoms with Gasteiger partial charge in [-0.15, -0.1) is 10.2 Å². The van der Waals surface area contributed by atoms with Crippen molar-refractivity contribution in [1.29, 1.82) is 5.26 Å². The van der Waals surface area contributed by atoms with E-state index in [0.29, 0.717) is 29.6 Å². The van der Waals surface area contributed by atoms with Gasteiger partial charge in [-0.05, 0) is 24.3 Å². The fourth-order valence-electron chi connectivity index (χ4n) is 2.70. The summed E-state index contributed by atoms with van der Waals surface area (Å²) in [6, 6.07) is 8.58. The molecule has 23 heavy (non-hydrogen) atoms. The number of carboxylic acid groups (broad SMARTS) is 1. The van der Waals surface area contributed by atoms with Crippen molar-refractivity contribution in [3.05, 3.63) is 46.9 Å². The van der Waals surface area contributed by atoms with Crippen LogP contribution >= 0.6 is 11.6 Å². The number of nitriles is 1. The first-order chi connectivity index (χ1) is 11.1. The summed E-state index contributed by atoms with van der Waals surface area (Å²) in [5.41, 5.74) is 0.907. The van der Waals surface area contributed by atoms with Crippen LogP contribution in [0.3, 0.4) is 0 Å². The Hall–Kier alpha value is -2.72. The van der Waals surface area contributed by atoms with Gasteiger partial charge in [0, 0.05) is 30.9 Å². The van der Waals surface area contributed by atoms with Gasteiger partial charge < -0.3 is 10.0 Å². The molecule has 0 saturated carbocycles. The molecule has 0 amide bonds. The maximum atomic E-state index is 11.6. The van der Waals surface area contributed by atoms with Crippen LogP contribution in [0, 0.1) is 17.2 Å². The Bertz CT molecular complexity index is 757. The summed E-state index contributed by atoms with van der Waals surface area (Å²) in [5, 5.41) is 26.5. The molecular weight excluding hydrogens is 318 g/mol. The molecule has 1 saturated heterocycles. The van der Waals surface area contributed by atoms with Gasteiger partial charge in [-0.1, -0.05) is 11.6 Å². The summed E-state index contributed by atoms with van der Waals surface area (Å²) in [6.07, 6.45) is 1.51. The SMILES string of the molecule is N#Cc1ccc(N2C[C@@H](C(=O)O)[C@H](c3ccc(Cl)cn3)C2)nn1. The van der Waals surface area contributed by atoms with Crippen LogP contribution in [0.4, 0.5) is 5.82 Å². The van der Waals surface area contributed by atoms with Crippen LogP contribution in [0.25, 0.3) is 0 Å². The quantitative estimate of drug-likeness (QED) is 0.914. The lowest BCUT2D eigenvalue weighted by Crippen LogP contribution is -2.24. The van der Waals surface area contributed by atoms with Crippen LogP contribution in [0.2, 0.25) is 5.02 Å². The summed E-state index contributed by atoms with van der Waals surface area (Å²) in [5.74, 6) is -1.19. The zero-order valence-electron chi connectivity index (χ0n) is 11.9. The molecule has 7 nitrogen and oxygen atoms in total. The monoisotopic (exact) mass is 329 g/mol. The number of halogens is 1. The predicted octanol–water partition coefficient (Wildman–Crippen LogP) is 1.70. The number of hydrogen-bond donors (Lipinski definition) is 1. The molecule has 1 N–H and O–H groups in total. The summed E-state index contributed by atoms with van der Waals surface area (Å²) in [4.78, 5) is 17.7. The van der Waals surface area contributed by atoms with Crippen LogP contribution in [-0.2, 0) is 4.79 Å². The van der Waals surface area contributed by atoms with Gasteiger partial charge in [0.2, 0.25) is 0 Å². The molecule has 2 aromatic rings. The highest BCUT2D eigenvalue weighted by atomic mass is 35.5. The zero-order chi connectivity index (χ0) is 16.4. The number of aliphatic carboxylic acids is 1. The molecule has 0 bridgehead atoms. The van der Waals surface area contributed by atoms with E-state index in [4.69, 9.17) is 16.9 Å². The van der Waals surface area contributed by atoms with E-state index in [1.165, 1.54) is 6.20 Å². The number of anilines is 1. The Morgan fingerprint density at radius 1 is 1.30 bits per heavy atom. The van der Waals surface area contributed by atoms with Gasteiger partial charge >= 0.3 is 5.97 Å². The Morgan fingerprint density at radius 3 is 2.70 bits per heavy atom. The third-order valence-electron chi connectivity index (χ3n) is 3.86. The lowest BCUT2D eigenvalue weighted by Gasteiger charge is -2.16. The highest BCUT2D eigenvalue weighted by Crippen LogP contribution is 2.34. The Balaban J connectivity index is 1.87. The fraction of sp³-hybridized carbons (Fsp3) is 0.267.